The van der Waals surface area contributed by atoms with E-state index >= 15 is 0 Å². The summed E-state index contributed by atoms with van der Waals surface area (Å²) in [5, 5.41) is 20.9. The van der Waals surface area contributed by atoms with Crippen molar-refractivity contribution in [3.63, 3.8) is 0 Å². The molecule has 2 rings (SSSR count). The SMILES string of the molecule is Cc1cccc(NC(=O)c2ccc(B(O)O)cc2)c1C. The van der Waals surface area contributed by atoms with Gasteiger partial charge in [0.05, 0.1) is 0 Å². The number of hydrogen-bond acceptors (Lipinski definition) is 3. The molecule has 2 aromatic rings. The van der Waals surface area contributed by atoms with Crippen molar-refractivity contribution in [2.45, 2.75) is 13.8 Å². The Labute approximate surface area is 118 Å². The van der Waals surface area contributed by atoms with Gasteiger partial charge in [-0.15, -0.1) is 0 Å². The fourth-order valence-corrected chi connectivity index (χ4v) is 1.89. The molecule has 20 heavy (non-hydrogen) atoms. The van der Waals surface area contributed by atoms with E-state index in [2.05, 4.69) is 5.32 Å². The van der Waals surface area contributed by atoms with Crippen molar-refractivity contribution >= 4 is 24.2 Å². The molecular formula is C15H16BNO3. The second kappa shape index (κ2) is 5.90. The van der Waals surface area contributed by atoms with Crippen LogP contribution in [0.2, 0.25) is 0 Å². The summed E-state index contributed by atoms with van der Waals surface area (Å²) in [6.07, 6.45) is 0. The van der Waals surface area contributed by atoms with Gasteiger partial charge in [-0.2, -0.15) is 0 Å². The first-order valence-electron chi connectivity index (χ1n) is 6.32. The number of carbonyl (C=O) groups is 1. The number of amides is 1. The number of nitrogens with one attached hydrogen (secondary N) is 1. The molecule has 0 unspecified atom stereocenters. The van der Waals surface area contributed by atoms with E-state index in [0.29, 0.717) is 11.0 Å². The molecule has 0 radical (unpaired) electrons. The average Bonchev–Trinajstić information content (AvgIpc) is 2.44. The lowest BCUT2D eigenvalue weighted by Crippen LogP contribution is -2.29. The Balaban J connectivity index is 2.18. The van der Waals surface area contributed by atoms with Crippen LogP contribution < -0.4 is 10.8 Å². The maximum Gasteiger partial charge on any atom is 0.488 e. The van der Waals surface area contributed by atoms with Gasteiger partial charge in [0.2, 0.25) is 0 Å². The van der Waals surface area contributed by atoms with Gasteiger partial charge in [-0.25, -0.2) is 0 Å². The molecule has 0 aliphatic carbocycles. The molecule has 0 aliphatic heterocycles. The highest BCUT2D eigenvalue weighted by molar-refractivity contribution is 6.58. The van der Waals surface area contributed by atoms with Crippen molar-refractivity contribution in [1.82, 2.24) is 0 Å². The second-order valence-electron chi connectivity index (χ2n) is 4.70. The van der Waals surface area contributed by atoms with E-state index < -0.39 is 7.12 Å². The van der Waals surface area contributed by atoms with E-state index in [1.54, 1.807) is 12.1 Å². The van der Waals surface area contributed by atoms with Gasteiger partial charge in [0.25, 0.3) is 5.91 Å². The summed E-state index contributed by atoms with van der Waals surface area (Å²) in [7, 11) is -1.52. The topological polar surface area (TPSA) is 69.6 Å². The molecule has 102 valence electrons. The van der Waals surface area contributed by atoms with Crippen LogP contribution in [0.4, 0.5) is 5.69 Å². The third kappa shape index (κ3) is 3.07. The lowest BCUT2D eigenvalue weighted by molar-refractivity contribution is 0.102. The predicted octanol–water partition coefficient (Wildman–Crippen LogP) is 1.24. The van der Waals surface area contributed by atoms with E-state index in [4.69, 9.17) is 10.0 Å². The Morgan fingerprint density at radius 1 is 1.05 bits per heavy atom. The molecule has 0 spiro atoms. The molecular weight excluding hydrogens is 253 g/mol. The minimum Gasteiger partial charge on any atom is -0.423 e. The van der Waals surface area contributed by atoms with Crippen LogP contribution in [0.1, 0.15) is 21.5 Å². The minimum atomic E-state index is -1.52. The van der Waals surface area contributed by atoms with Gasteiger partial charge in [0.1, 0.15) is 0 Å². The summed E-state index contributed by atoms with van der Waals surface area (Å²) in [6, 6.07) is 11.9. The normalized spacial score (nSPS) is 10.2. The number of aryl methyl sites for hydroxylation is 1. The predicted molar refractivity (Wildman–Crippen MR) is 80.1 cm³/mol. The quantitative estimate of drug-likeness (QED) is 0.734. The van der Waals surface area contributed by atoms with Crippen molar-refractivity contribution in [2.24, 2.45) is 0 Å². The number of anilines is 1. The van der Waals surface area contributed by atoms with Crippen LogP contribution in [0.15, 0.2) is 42.5 Å². The molecule has 0 bridgehead atoms. The first kappa shape index (κ1) is 14.3. The Hall–Kier alpha value is -2.11. The molecule has 0 atom stereocenters. The summed E-state index contributed by atoms with van der Waals surface area (Å²) < 4.78 is 0. The standard InChI is InChI=1S/C15H16BNO3/c1-10-4-3-5-14(11(10)2)17-15(18)12-6-8-13(9-7-12)16(19)20/h3-9,19-20H,1-2H3,(H,17,18). The van der Waals surface area contributed by atoms with E-state index in [9.17, 15) is 4.79 Å². The largest absolute Gasteiger partial charge is 0.488 e. The fraction of sp³-hybridized carbons (Fsp3) is 0.133. The lowest BCUT2D eigenvalue weighted by atomic mass is 9.80. The van der Waals surface area contributed by atoms with E-state index in [1.807, 2.05) is 32.0 Å². The Bertz CT molecular complexity index is 624. The maximum absolute atomic E-state index is 12.1. The van der Waals surface area contributed by atoms with Gasteiger partial charge in [-0.05, 0) is 48.6 Å². The molecule has 5 heteroatoms. The Morgan fingerprint density at radius 2 is 1.70 bits per heavy atom. The van der Waals surface area contributed by atoms with Crippen LogP contribution in [-0.4, -0.2) is 23.1 Å². The van der Waals surface area contributed by atoms with Crippen LogP contribution in [0.25, 0.3) is 0 Å². The monoisotopic (exact) mass is 269 g/mol. The van der Waals surface area contributed by atoms with Crippen LogP contribution in [0.3, 0.4) is 0 Å². The third-order valence-electron chi connectivity index (χ3n) is 3.32. The summed E-state index contributed by atoms with van der Waals surface area (Å²) in [6.45, 7) is 3.94. The Morgan fingerprint density at radius 3 is 2.30 bits per heavy atom. The fourth-order valence-electron chi connectivity index (χ4n) is 1.89. The highest BCUT2D eigenvalue weighted by Gasteiger charge is 2.12. The van der Waals surface area contributed by atoms with E-state index in [1.165, 1.54) is 12.1 Å². The van der Waals surface area contributed by atoms with Crippen LogP contribution in [0, 0.1) is 13.8 Å². The smallest absolute Gasteiger partial charge is 0.423 e. The zero-order chi connectivity index (χ0) is 14.7. The number of rotatable bonds is 3. The molecule has 0 saturated carbocycles. The number of carbonyl (C=O) groups excluding carboxylic acids is 1. The van der Waals surface area contributed by atoms with Crippen molar-refractivity contribution in [3.05, 3.63) is 59.2 Å². The summed E-state index contributed by atoms with van der Waals surface area (Å²) in [5.41, 5.74) is 3.75. The zero-order valence-electron chi connectivity index (χ0n) is 11.4. The van der Waals surface area contributed by atoms with Gasteiger partial charge in [-0.3, -0.25) is 4.79 Å². The molecule has 3 N–H and O–H groups in total. The lowest BCUT2D eigenvalue weighted by Gasteiger charge is -2.10. The molecule has 0 aromatic heterocycles. The highest BCUT2D eigenvalue weighted by atomic mass is 16.4. The first-order valence-corrected chi connectivity index (χ1v) is 6.32. The molecule has 0 fully saturated rings. The summed E-state index contributed by atoms with van der Waals surface area (Å²) in [4.78, 5) is 12.1. The van der Waals surface area contributed by atoms with Gasteiger partial charge in [0.15, 0.2) is 0 Å². The zero-order valence-corrected chi connectivity index (χ0v) is 11.4. The maximum atomic E-state index is 12.1. The molecule has 1 amide bonds. The van der Waals surface area contributed by atoms with Crippen LogP contribution in [0.5, 0.6) is 0 Å². The third-order valence-corrected chi connectivity index (χ3v) is 3.32. The van der Waals surface area contributed by atoms with Gasteiger partial charge in [0, 0.05) is 11.3 Å². The van der Waals surface area contributed by atoms with Crippen molar-refractivity contribution in [3.8, 4) is 0 Å². The number of benzene rings is 2. The minimum absolute atomic E-state index is 0.224. The molecule has 0 aliphatic rings. The van der Waals surface area contributed by atoms with Crippen LogP contribution in [-0.2, 0) is 0 Å². The van der Waals surface area contributed by atoms with Crippen molar-refractivity contribution < 1.29 is 14.8 Å². The van der Waals surface area contributed by atoms with Gasteiger partial charge < -0.3 is 15.4 Å². The van der Waals surface area contributed by atoms with Gasteiger partial charge in [-0.1, -0.05) is 24.3 Å². The van der Waals surface area contributed by atoms with E-state index in [0.717, 1.165) is 16.8 Å². The van der Waals surface area contributed by atoms with Crippen LogP contribution >= 0.6 is 0 Å². The summed E-state index contributed by atoms with van der Waals surface area (Å²) in [5.74, 6) is -0.224. The molecule has 0 saturated heterocycles. The average molecular weight is 269 g/mol. The molecule has 4 nitrogen and oxygen atoms in total. The van der Waals surface area contributed by atoms with Gasteiger partial charge >= 0.3 is 7.12 Å². The highest BCUT2D eigenvalue weighted by Crippen LogP contribution is 2.18. The molecule has 0 heterocycles. The second-order valence-corrected chi connectivity index (χ2v) is 4.70. The first-order chi connectivity index (χ1) is 9.49. The molecule has 2 aromatic carbocycles. The Kier molecular flexibility index (Phi) is 4.22. The number of hydrogen-bond donors (Lipinski definition) is 3. The van der Waals surface area contributed by atoms with Crippen molar-refractivity contribution in [2.75, 3.05) is 5.32 Å². The van der Waals surface area contributed by atoms with Crippen molar-refractivity contribution in [1.29, 1.82) is 0 Å². The summed E-state index contributed by atoms with van der Waals surface area (Å²) >= 11 is 0. The van der Waals surface area contributed by atoms with E-state index in [-0.39, 0.29) is 5.91 Å².